The molecule has 0 radical (unpaired) electrons. The van der Waals surface area contributed by atoms with Crippen LogP contribution in [0, 0.1) is 5.92 Å². The number of Topliss-reactive ketones (excluding diaryl/α,β-unsaturated/α-hetero) is 1. The van der Waals surface area contributed by atoms with Gasteiger partial charge < -0.3 is 14.6 Å². The first-order valence-electron chi connectivity index (χ1n) is 10.4. The van der Waals surface area contributed by atoms with Gasteiger partial charge in [0.05, 0.1) is 14.2 Å². The summed E-state index contributed by atoms with van der Waals surface area (Å²) in [6, 6.07) is 12.4. The number of carbonyl (C=O) groups excluding carboxylic acids is 2. The quantitative estimate of drug-likeness (QED) is 0.672. The predicted molar refractivity (Wildman–Crippen MR) is 121 cm³/mol. The van der Waals surface area contributed by atoms with Gasteiger partial charge in [0.2, 0.25) is 0 Å². The summed E-state index contributed by atoms with van der Waals surface area (Å²) in [7, 11) is 2.78. The van der Waals surface area contributed by atoms with E-state index in [1.165, 1.54) is 20.3 Å². The van der Waals surface area contributed by atoms with E-state index in [9.17, 15) is 14.7 Å². The molecule has 32 heavy (non-hydrogen) atoms. The number of esters is 1. The monoisotopic (exact) mass is 453 g/mol. The predicted octanol–water partition coefficient (Wildman–Crippen LogP) is 4.80. The van der Waals surface area contributed by atoms with Crippen molar-refractivity contribution in [3.63, 3.8) is 0 Å². The van der Waals surface area contributed by atoms with E-state index in [1.807, 2.05) is 24.3 Å². The van der Waals surface area contributed by atoms with E-state index in [-0.39, 0.29) is 23.2 Å². The Balaban J connectivity index is 1.82. The molecule has 2 aliphatic rings. The fourth-order valence-electron chi connectivity index (χ4n) is 4.71. The molecule has 1 unspecified atom stereocenters. The van der Waals surface area contributed by atoms with Crippen molar-refractivity contribution in [1.29, 1.82) is 0 Å². The summed E-state index contributed by atoms with van der Waals surface area (Å²) < 4.78 is 10.3. The molecule has 0 bridgehead atoms. The zero-order chi connectivity index (χ0) is 23.0. The molecule has 0 spiro atoms. The van der Waals surface area contributed by atoms with Gasteiger partial charge in [-0.05, 0) is 54.7 Å². The van der Waals surface area contributed by atoms with Crippen LogP contribution in [0.15, 0.2) is 58.7 Å². The molecule has 0 saturated heterocycles. The number of aromatic hydroxyl groups is 1. The summed E-state index contributed by atoms with van der Waals surface area (Å²) >= 11 is 6.02. The molecular formula is C25H24ClNO5. The second-order valence-corrected chi connectivity index (χ2v) is 8.54. The lowest BCUT2D eigenvalue weighted by atomic mass is 9.69. The summed E-state index contributed by atoms with van der Waals surface area (Å²) in [5, 5.41) is 10.7. The highest BCUT2D eigenvalue weighted by molar-refractivity contribution is 6.30. The van der Waals surface area contributed by atoms with Crippen LogP contribution in [0.1, 0.15) is 42.7 Å². The Morgan fingerprint density at radius 1 is 1.09 bits per heavy atom. The summed E-state index contributed by atoms with van der Waals surface area (Å²) in [6.07, 6.45) is 0.897. The Morgan fingerprint density at radius 3 is 2.44 bits per heavy atom. The van der Waals surface area contributed by atoms with Crippen molar-refractivity contribution in [2.75, 3.05) is 14.2 Å². The molecular weight excluding hydrogens is 430 g/mol. The summed E-state index contributed by atoms with van der Waals surface area (Å²) in [5.74, 6) is -1.56. The van der Waals surface area contributed by atoms with Crippen LogP contribution in [0.3, 0.4) is 0 Å². The molecule has 2 aromatic rings. The highest BCUT2D eigenvalue weighted by atomic mass is 35.5. The maximum absolute atomic E-state index is 13.5. The molecule has 1 aliphatic heterocycles. The molecule has 0 amide bonds. The van der Waals surface area contributed by atoms with E-state index >= 15 is 0 Å². The first-order valence-corrected chi connectivity index (χ1v) is 10.7. The molecule has 1 aliphatic carbocycles. The van der Waals surface area contributed by atoms with Crippen LogP contribution in [0.2, 0.25) is 5.02 Å². The van der Waals surface area contributed by atoms with Gasteiger partial charge in [0.1, 0.15) is 5.92 Å². The number of halogens is 1. The molecule has 7 heteroatoms. The van der Waals surface area contributed by atoms with Crippen LogP contribution in [0.25, 0.3) is 0 Å². The smallest absolute Gasteiger partial charge is 0.315 e. The van der Waals surface area contributed by atoms with Gasteiger partial charge in [-0.3, -0.25) is 14.6 Å². The minimum atomic E-state index is -0.732. The van der Waals surface area contributed by atoms with Crippen molar-refractivity contribution in [3.05, 3.63) is 69.9 Å². The van der Waals surface area contributed by atoms with Crippen LogP contribution in [0.5, 0.6) is 11.5 Å². The van der Waals surface area contributed by atoms with Gasteiger partial charge >= 0.3 is 5.97 Å². The van der Waals surface area contributed by atoms with E-state index in [1.54, 1.807) is 19.1 Å². The number of nitrogens with zero attached hydrogens (tertiary/aromatic N) is 1. The largest absolute Gasteiger partial charge is 0.504 e. The van der Waals surface area contributed by atoms with Crippen molar-refractivity contribution in [2.45, 2.75) is 31.6 Å². The molecule has 2 aromatic carbocycles. The Bertz CT molecular complexity index is 1140. The Kier molecular flexibility index (Phi) is 6.07. The normalized spacial score (nSPS) is 22.8. The molecule has 1 N–H and O–H groups in total. The number of aliphatic imine (C=N–C) groups is 1. The minimum absolute atomic E-state index is 0.0141. The molecule has 0 saturated carbocycles. The number of hydrogen-bond donors (Lipinski definition) is 1. The second-order valence-electron chi connectivity index (χ2n) is 8.10. The van der Waals surface area contributed by atoms with Crippen molar-refractivity contribution in [1.82, 2.24) is 0 Å². The fourth-order valence-corrected chi connectivity index (χ4v) is 4.84. The number of allylic oxidation sites excluding steroid dienone is 2. The molecule has 0 fully saturated rings. The third kappa shape index (κ3) is 3.91. The number of hydrogen-bond acceptors (Lipinski definition) is 6. The first-order chi connectivity index (χ1) is 15.3. The maximum atomic E-state index is 13.5. The first kappa shape index (κ1) is 22.1. The molecule has 166 valence electrons. The Labute approximate surface area is 191 Å². The Hall–Kier alpha value is -3.12. The average molecular weight is 454 g/mol. The van der Waals surface area contributed by atoms with Crippen LogP contribution >= 0.6 is 11.6 Å². The highest BCUT2D eigenvalue weighted by Gasteiger charge is 2.44. The van der Waals surface area contributed by atoms with E-state index in [0.29, 0.717) is 40.4 Å². The standard InChI is InChI=1S/C25H24ClNO5/c1-13-22(25(30)32-3)23(15-6-9-19(28)21(12-15)31-2)24-18(27-13)10-16(11-20(24)29)14-4-7-17(26)8-5-14/h4-9,12,16,22-23,28H,10-11H2,1-3H3/t16-,22?,23+/m0/s1. The number of ketones is 1. The molecule has 3 atom stereocenters. The highest BCUT2D eigenvalue weighted by Crippen LogP contribution is 2.47. The van der Waals surface area contributed by atoms with Crippen LogP contribution in [-0.4, -0.2) is 36.8 Å². The molecule has 4 rings (SSSR count). The average Bonchev–Trinajstić information content (AvgIpc) is 2.78. The van der Waals surface area contributed by atoms with Gasteiger partial charge in [0, 0.05) is 34.3 Å². The molecule has 6 nitrogen and oxygen atoms in total. The van der Waals surface area contributed by atoms with E-state index in [2.05, 4.69) is 0 Å². The number of carbonyl (C=O) groups is 2. The lowest BCUT2D eigenvalue weighted by molar-refractivity contribution is -0.143. The van der Waals surface area contributed by atoms with E-state index < -0.39 is 17.8 Å². The van der Waals surface area contributed by atoms with Crippen molar-refractivity contribution >= 4 is 29.1 Å². The topological polar surface area (TPSA) is 85.2 Å². The summed E-state index contributed by atoms with van der Waals surface area (Å²) in [4.78, 5) is 30.9. The SMILES string of the molecule is COC(=O)C1C(C)=NC2=C(C(=O)C[C@@H](c3ccc(Cl)cc3)C2)[C@@H]1c1ccc(O)c(OC)c1. The summed E-state index contributed by atoms with van der Waals surface area (Å²) in [6.45, 7) is 1.78. The number of phenols is 1. The van der Waals surface area contributed by atoms with Gasteiger partial charge in [0.15, 0.2) is 17.3 Å². The summed E-state index contributed by atoms with van der Waals surface area (Å²) in [5.41, 5.74) is 3.53. The van der Waals surface area contributed by atoms with Crippen molar-refractivity contribution in [3.8, 4) is 11.5 Å². The van der Waals surface area contributed by atoms with Crippen molar-refractivity contribution < 1.29 is 24.2 Å². The number of ether oxygens (including phenoxy) is 2. The van der Waals surface area contributed by atoms with Gasteiger partial charge in [-0.15, -0.1) is 0 Å². The number of benzene rings is 2. The van der Waals surface area contributed by atoms with E-state index in [0.717, 1.165) is 5.56 Å². The lowest BCUT2D eigenvalue weighted by Gasteiger charge is -2.36. The van der Waals surface area contributed by atoms with Gasteiger partial charge in [-0.25, -0.2) is 0 Å². The third-order valence-electron chi connectivity index (χ3n) is 6.25. The van der Waals surface area contributed by atoms with Gasteiger partial charge in [-0.1, -0.05) is 29.8 Å². The molecule has 1 heterocycles. The third-order valence-corrected chi connectivity index (χ3v) is 6.50. The maximum Gasteiger partial charge on any atom is 0.315 e. The van der Waals surface area contributed by atoms with Crippen molar-refractivity contribution in [2.24, 2.45) is 10.9 Å². The van der Waals surface area contributed by atoms with E-state index in [4.69, 9.17) is 26.1 Å². The van der Waals surface area contributed by atoms with Crippen LogP contribution in [-0.2, 0) is 14.3 Å². The minimum Gasteiger partial charge on any atom is -0.504 e. The fraction of sp³-hybridized carbons (Fsp3) is 0.320. The molecule has 0 aromatic heterocycles. The van der Waals surface area contributed by atoms with Gasteiger partial charge in [-0.2, -0.15) is 0 Å². The number of methoxy groups -OCH3 is 2. The van der Waals surface area contributed by atoms with Gasteiger partial charge in [0.25, 0.3) is 0 Å². The number of rotatable bonds is 4. The number of phenolic OH excluding ortho intramolecular Hbond substituents is 1. The zero-order valence-corrected chi connectivity index (χ0v) is 18.8. The second kappa shape index (κ2) is 8.79. The zero-order valence-electron chi connectivity index (χ0n) is 18.1. The Morgan fingerprint density at radius 2 is 1.78 bits per heavy atom. The van der Waals surface area contributed by atoms with Crippen LogP contribution < -0.4 is 4.74 Å². The lowest BCUT2D eigenvalue weighted by Crippen LogP contribution is -2.37. The van der Waals surface area contributed by atoms with Crippen LogP contribution in [0.4, 0.5) is 0 Å².